The zero-order chi connectivity index (χ0) is 21.3. The van der Waals surface area contributed by atoms with Crippen molar-refractivity contribution in [2.45, 2.75) is 32.7 Å². The molecule has 1 unspecified atom stereocenters. The van der Waals surface area contributed by atoms with Crippen molar-refractivity contribution in [3.05, 3.63) is 23.8 Å². The Hall–Kier alpha value is -1.99. The Morgan fingerprint density at radius 3 is 2.47 bits per heavy atom. The smallest absolute Gasteiger partial charge is 0.193 e. The maximum Gasteiger partial charge on any atom is 0.193 e. The molecule has 0 aromatic heterocycles. The molecule has 1 aromatic rings. The summed E-state index contributed by atoms with van der Waals surface area (Å²) in [5.41, 5.74) is 1.20. The van der Waals surface area contributed by atoms with Crippen molar-refractivity contribution in [2.75, 3.05) is 66.7 Å². The van der Waals surface area contributed by atoms with Crippen LogP contribution in [0.4, 0.5) is 0 Å². The first-order valence-corrected chi connectivity index (χ1v) is 11.2. The van der Waals surface area contributed by atoms with Crippen LogP contribution < -0.4 is 14.8 Å². The molecule has 2 saturated heterocycles. The van der Waals surface area contributed by atoms with Crippen LogP contribution in [-0.2, 0) is 4.74 Å². The van der Waals surface area contributed by atoms with Gasteiger partial charge in [0.25, 0.3) is 0 Å². The molecule has 2 heterocycles. The zero-order valence-corrected chi connectivity index (χ0v) is 19.0. The minimum absolute atomic E-state index is 0.172. The maximum absolute atomic E-state index is 5.59. The van der Waals surface area contributed by atoms with E-state index in [0.717, 1.165) is 69.3 Å². The molecule has 7 nitrogen and oxygen atoms in total. The van der Waals surface area contributed by atoms with E-state index in [2.05, 4.69) is 41.1 Å². The number of hydrogen-bond donors (Lipinski definition) is 1. The van der Waals surface area contributed by atoms with E-state index in [1.165, 1.54) is 18.4 Å². The number of ether oxygens (including phenoxy) is 3. The van der Waals surface area contributed by atoms with Crippen LogP contribution >= 0.6 is 0 Å². The molecule has 0 aliphatic carbocycles. The van der Waals surface area contributed by atoms with Gasteiger partial charge in [-0.05, 0) is 43.4 Å². The highest BCUT2D eigenvalue weighted by Crippen LogP contribution is 2.32. The summed E-state index contributed by atoms with van der Waals surface area (Å²) < 4.78 is 16.6. The van der Waals surface area contributed by atoms with Crippen molar-refractivity contribution >= 4 is 5.96 Å². The standard InChI is InChI=1S/C23H38N4O3/c1-5-24-23(27-10-8-18(2)9-11-27)25-17-20(26-12-14-30-15-13-26)19-6-7-21(28-3)22(16-19)29-4/h6-7,16,18,20H,5,8-15,17H2,1-4H3,(H,24,25). The SMILES string of the molecule is CCNC(=NCC(c1ccc(OC)c(OC)c1)N1CCOCC1)N1CCC(C)CC1. The van der Waals surface area contributed by atoms with Crippen molar-refractivity contribution in [1.29, 1.82) is 0 Å². The number of likely N-dealkylation sites (tertiary alicyclic amines) is 1. The second kappa shape index (κ2) is 11.4. The molecule has 1 N–H and O–H groups in total. The van der Waals surface area contributed by atoms with E-state index >= 15 is 0 Å². The molecule has 2 fully saturated rings. The number of nitrogens with zero attached hydrogens (tertiary/aromatic N) is 3. The lowest BCUT2D eigenvalue weighted by Crippen LogP contribution is -2.46. The van der Waals surface area contributed by atoms with Crippen LogP contribution in [0.1, 0.15) is 38.3 Å². The summed E-state index contributed by atoms with van der Waals surface area (Å²) in [7, 11) is 3.35. The van der Waals surface area contributed by atoms with E-state index in [1.54, 1.807) is 14.2 Å². The van der Waals surface area contributed by atoms with E-state index in [-0.39, 0.29) is 6.04 Å². The summed E-state index contributed by atoms with van der Waals surface area (Å²) in [6.45, 7) is 11.5. The molecule has 30 heavy (non-hydrogen) atoms. The Labute approximate surface area is 181 Å². The third-order valence-electron chi connectivity index (χ3n) is 6.11. The van der Waals surface area contributed by atoms with E-state index in [1.807, 2.05) is 6.07 Å². The minimum atomic E-state index is 0.172. The Bertz CT molecular complexity index is 683. The van der Waals surface area contributed by atoms with Gasteiger partial charge in [0, 0.05) is 32.7 Å². The molecule has 168 valence electrons. The third kappa shape index (κ3) is 5.79. The molecule has 0 saturated carbocycles. The number of morpholine rings is 1. The van der Waals surface area contributed by atoms with Gasteiger partial charge in [-0.15, -0.1) is 0 Å². The lowest BCUT2D eigenvalue weighted by molar-refractivity contribution is 0.0179. The fourth-order valence-electron chi connectivity index (χ4n) is 4.20. The molecule has 3 rings (SSSR count). The van der Waals surface area contributed by atoms with Crippen LogP contribution in [0.15, 0.2) is 23.2 Å². The molecule has 7 heteroatoms. The Balaban J connectivity index is 1.83. The Morgan fingerprint density at radius 1 is 1.13 bits per heavy atom. The first kappa shape index (κ1) is 22.7. The number of piperidine rings is 1. The largest absolute Gasteiger partial charge is 0.493 e. The van der Waals surface area contributed by atoms with Crippen LogP contribution in [0.25, 0.3) is 0 Å². The number of rotatable bonds is 7. The lowest BCUT2D eigenvalue weighted by Gasteiger charge is -2.36. The molecule has 0 bridgehead atoms. The van der Waals surface area contributed by atoms with Gasteiger partial charge in [0.15, 0.2) is 17.5 Å². The van der Waals surface area contributed by atoms with Gasteiger partial charge < -0.3 is 24.4 Å². The van der Waals surface area contributed by atoms with Gasteiger partial charge in [-0.2, -0.15) is 0 Å². The number of aliphatic imine (C=N–C) groups is 1. The summed E-state index contributed by atoms with van der Waals surface area (Å²) in [6.07, 6.45) is 2.46. The van der Waals surface area contributed by atoms with Gasteiger partial charge in [0.05, 0.1) is 40.0 Å². The second-order valence-corrected chi connectivity index (χ2v) is 8.14. The van der Waals surface area contributed by atoms with Crippen LogP contribution in [0.5, 0.6) is 11.5 Å². The third-order valence-corrected chi connectivity index (χ3v) is 6.11. The van der Waals surface area contributed by atoms with E-state index in [0.29, 0.717) is 6.54 Å². The van der Waals surface area contributed by atoms with Crippen molar-refractivity contribution in [3.63, 3.8) is 0 Å². The highest BCUT2D eigenvalue weighted by Gasteiger charge is 2.25. The lowest BCUT2D eigenvalue weighted by atomic mass is 9.99. The van der Waals surface area contributed by atoms with Crippen molar-refractivity contribution < 1.29 is 14.2 Å². The normalized spacial score (nSPS) is 20.1. The quantitative estimate of drug-likeness (QED) is 0.543. The van der Waals surface area contributed by atoms with E-state index in [4.69, 9.17) is 19.2 Å². The number of nitrogens with one attached hydrogen (secondary N) is 1. The zero-order valence-electron chi connectivity index (χ0n) is 19.0. The molecule has 1 aromatic carbocycles. The monoisotopic (exact) mass is 418 g/mol. The van der Waals surface area contributed by atoms with Crippen LogP contribution in [0, 0.1) is 5.92 Å². The number of guanidine groups is 1. The van der Waals surface area contributed by atoms with Crippen molar-refractivity contribution in [1.82, 2.24) is 15.1 Å². The summed E-state index contributed by atoms with van der Waals surface area (Å²) in [5, 5.41) is 3.51. The van der Waals surface area contributed by atoms with Crippen molar-refractivity contribution in [3.8, 4) is 11.5 Å². The molecule has 2 aliphatic heterocycles. The van der Waals surface area contributed by atoms with Gasteiger partial charge in [-0.3, -0.25) is 9.89 Å². The molecule has 0 radical (unpaired) electrons. The van der Waals surface area contributed by atoms with E-state index < -0.39 is 0 Å². The van der Waals surface area contributed by atoms with Gasteiger partial charge in [0.2, 0.25) is 0 Å². The molecular formula is C23H38N4O3. The number of benzene rings is 1. The second-order valence-electron chi connectivity index (χ2n) is 8.14. The minimum Gasteiger partial charge on any atom is -0.493 e. The maximum atomic E-state index is 5.59. The average Bonchev–Trinajstić information content (AvgIpc) is 2.79. The fraction of sp³-hybridized carbons (Fsp3) is 0.696. The summed E-state index contributed by atoms with van der Waals surface area (Å²) in [6, 6.07) is 6.38. The van der Waals surface area contributed by atoms with Gasteiger partial charge in [0.1, 0.15) is 0 Å². The van der Waals surface area contributed by atoms with Gasteiger partial charge >= 0.3 is 0 Å². The first-order valence-electron chi connectivity index (χ1n) is 11.2. The molecular weight excluding hydrogens is 380 g/mol. The predicted octanol–water partition coefficient (Wildman–Crippen LogP) is 2.77. The number of hydrogen-bond acceptors (Lipinski definition) is 5. The van der Waals surface area contributed by atoms with Crippen LogP contribution in [0.2, 0.25) is 0 Å². The molecule has 0 spiro atoms. The highest BCUT2D eigenvalue weighted by molar-refractivity contribution is 5.80. The van der Waals surface area contributed by atoms with Crippen molar-refractivity contribution in [2.24, 2.45) is 10.9 Å². The molecule has 2 aliphatic rings. The van der Waals surface area contributed by atoms with Gasteiger partial charge in [-0.1, -0.05) is 13.0 Å². The summed E-state index contributed by atoms with van der Waals surface area (Å²) in [5.74, 6) is 3.34. The highest BCUT2D eigenvalue weighted by atomic mass is 16.5. The Morgan fingerprint density at radius 2 is 1.83 bits per heavy atom. The summed E-state index contributed by atoms with van der Waals surface area (Å²) in [4.78, 5) is 9.97. The number of methoxy groups -OCH3 is 2. The topological polar surface area (TPSA) is 58.6 Å². The molecule has 0 amide bonds. The van der Waals surface area contributed by atoms with Crippen LogP contribution in [-0.4, -0.2) is 82.5 Å². The summed E-state index contributed by atoms with van der Waals surface area (Å²) >= 11 is 0. The Kier molecular flexibility index (Phi) is 8.63. The average molecular weight is 419 g/mol. The van der Waals surface area contributed by atoms with Gasteiger partial charge in [-0.25, -0.2) is 0 Å². The predicted molar refractivity (Wildman–Crippen MR) is 121 cm³/mol. The molecule has 1 atom stereocenters. The van der Waals surface area contributed by atoms with E-state index in [9.17, 15) is 0 Å². The fourth-order valence-corrected chi connectivity index (χ4v) is 4.20. The first-order chi connectivity index (χ1) is 14.7. The van der Waals surface area contributed by atoms with Crippen LogP contribution in [0.3, 0.4) is 0 Å².